The van der Waals surface area contributed by atoms with E-state index < -0.39 is 22.7 Å². The normalized spacial score (nSPS) is 14.0. The van der Waals surface area contributed by atoms with Crippen molar-refractivity contribution < 1.29 is 19.1 Å². The maximum atomic E-state index is 11.3. The van der Waals surface area contributed by atoms with E-state index in [0.717, 1.165) is 0 Å². The minimum atomic E-state index is -0.962. The average molecular weight is 291 g/mol. The molecule has 0 saturated carbocycles. The molecule has 0 aliphatic heterocycles. The predicted molar refractivity (Wildman–Crippen MR) is 67.7 cm³/mol. The zero-order valence-electron chi connectivity index (χ0n) is 9.85. The van der Waals surface area contributed by atoms with E-state index in [4.69, 9.17) is 32.7 Å². The second-order valence-corrected chi connectivity index (χ2v) is 4.21. The Morgan fingerprint density at radius 3 is 1.50 bits per heavy atom. The Bertz CT molecular complexity index is 406. The molecule has 6 heteroatoms. The van der Waals surface area contributed by atoms with E-state index in [0.29, 0.717) is 11.1 Å². The lowest BCUT2D eigenvalue weighted by molar-refractivity contribution is -0.123. The van der Waals surface area contributed by atoms with Crippen LogP contribution >= 0.6 is 23.2 Å². The van der Waals surface area contributed by atoms with Crippen molar-refractivity contribution in [3.8, 4) is 0 Å². The van der Waals surface area contributed by atoms with Crippen LogP contribution in [0.25, 0.3) is 0 Å². The second kappa shape index (κ2) is 6.85. The number of hydrogen-bond acceptors (Lipinski definition) is 4. The van der Waals surface area contributed by atoms with Gasteiger partial charge in [0.05, 0.1) is 0 Å². The molecule has 0 spiro atoms. The maximum Gasteiger partial charge on any atom is 0.255 e. The molecule has 0 N–H and O–H groups in total. The van der Waals surface area contributed by atoms with Gasteiger partial charge in [-0.2, -0.15) is 0 Å². The van der Waals surface area contributed by atoms with E-state index >= 15 is 0 Å². The number of hydrogen-bond donors (Lipinski definition) is 0. The van der Waals surface area contributed by atoms with Crippen LogP contribution in [0.5, 0.6) is 0 Å². The van der Waals surface area contributed by atoms with Crippen molar-refractivity contribution in [2.45, 2.75) is 12.2 Å². The van der Waals surface area contributed by atoms with Crippen molar-refractivity contribution in [2.24, 2.45) is 0 Å². The molecule has 2 atom stereocenters. The highest BCUT2D eigenvalue weighted by atomic mass is 35.5. The third-order valence-electron chi connectivity index (χ3n) is 2.44. The number of halogens is 2. The molecule has 0 radical (unpaired) electrons. The Morgan fingerprint density at radius 1 is 0.944 bits per heavy atom. The van der Waals surface area contributed by atoms with E-state index in [1.807, 2.05) is 0 Å². The van der Waals surface area contributed by atoms with Crippen LogP contribution in [0.3, 0.4) is 0 Å². The quantitative estimate of drug-likeness (QED) is 0.756. The van der Waals surface area contributed by atoms with Crippen molar-refractivity contribution in [3.05, 3.63) is 35.4 Å². The van der Waals surface area contributed by atoms with Gasteiger partial charge in [-0.25, -0.2) is 0 Å². The highest BCUT2D eigenvalue weighted by Gasteiger charge is 2.27. The second-order valence-electron chi connectivity index (χ2n) is 3.47. The first-order chi connectivity index (χ1) is 8.52. The molecule has 1 aromatic carbocycles. The van der Waals surface area contributed by atoms with Crippen molar-refractivity contribution in [1.29, 1.82) is 0 Å². The molecule has 0 heterocycles. The van der Waals surface area contributed by atoms with Gasteiger partial charge in [0.25, 0.3) is 10.5 Å². The fourth-order valence-corrected chi connectivity index (χ4v) is 2.09. The highest BCUT2D eigenvalue weighted by molar-refractivity contribution is 6.65. The van der Waals surface area contributed by atoms with Gasteiger partial charge in [0, 0.05) is 14.2 Å². The molecule has 0 aliphatic rings. The Kier molecular flexibility index (Phi) is 5.75. The molecule has 98 valence electrons. The van der Waals surface area contributed by atoms with Gasteiger partial charge in [-0.15, -0.1) is 0 Å². The van der Waals surface area contributed by atoms with E-state index in [-0.39, 0.29) is 0 Å². The predicted octanol–water partition coefficient (Wildman–Crippen LogP) is 2.59. The summed E-state index contributed by atoms with van der Waals surface area (Å²) in [6.45, 7) is 0. The fourth-order valence-electron chi connectivity index (χ4n) is 1.67. The van der Waals surface area contributed by atoms with Gasteiger partial charge in [-0.3, -0.25) is 9.59 Å². The van der Waals surface area contributed by atoms with E-state index in [9.17, 15) is 9.59 Å². The Hall–Kier alpha value is -0.940. The maximum absolute atomic E-state index is 11.3. The summed E-state index contributed by atoms with van der Waals surface area (Å²) in [5.41, 5.74) is 0.918. The molecule has 2 unspecified atom stereocenters. The molecular weight excluding hydrogens is 279 g/mol. The molecular formula is C12H12Cl2O4. The lowest BCUT2D eigenvalue weighted by atomic mass is 9.99. The third kappa shape index (κ3) is 3.29. The van der Waals surface area contributed by atoms with Crippen molar-refractivity contribution in [2.75, 3.05) is 14.2 Å². The van der Waals surface area contributed by atoms with Gasteiger partial charge in [0.15, 0.2) is 12.2 Å². The number of ether oxygens (including phenoxy) is 2. The van der Waals surface area contributed by atoms with Gasteiger partial charge in [-0.05, 0) is 34.3 Å². The van der Waals surface area contributed by atoms with E-state index in [1.54, 1.807) is 24.3 Å². The molecule has 1 aromatic rings. The molecule has 0 amide bonds. The van der Waals surface area contributed by atoms with E-state index in [2.05, 4.69) is 0 Å². The van der Waals surface area contributed by atoms with Gasteiger partial charge in [0.2, 0.25) is 0 Å². The Labute approximate surface area is 115 Å². The summed E-state index contributed by atoms with van der Waals surface area (Å²) in [6, 6.07) is 6.68. The number of carbonyl (C=O) groups excluding carboxylic acids is 2. The lowest BCUT2D eigenvalue weighted by Crippen LogP contribution is -2.17. The van der Waals surface area contributed by atoms with Gasteiger partial charge >= 0.3 is 0 Å². The van der Waals surface area contributed by atoms with Crippen LogP contribution in [0.15, 0.2) is 24.3 Å². The molecule has 0 aromatic heterocycles. The summed E-state index contributed by atoms with van der Waals surface area (Å²) in [4.78, 5) is 22.6. The lowest BCUT2D eigenvalue weighted by Gasteiger charge is -2.19. The Balaban J connectivity index is 3.28. The summed E-state index contributed by atoms with van der Waals surface area (Å²) in [5.74, 6) is 0. The molecule has 0 aliphatic carbocycles. The molecule has 0 saturated heterocycles. The minimum Gasteiger partial charge on any atom is -0.368 e. The SMILES string of the molecule is COC(C(=O)Cl)c1ccccc1C(OC)C(=O)Cl. The van der Waals surface area contributed by atoms with Gasteiger partial charge < -0.3 is 9.47 Å². The topological polar surface area (TPSA) is 52.6 Å². The van der Waals surface area contributed by atoms with Crippen molar-refractivity contribution >= 4 is 33.7 Å². The molecule has 0 fully saturated rings. The van der Waals surface area contributed by atoms with Crippen LogP contribution in [0.4, 0.5) is 0 Å². The molecule has 18 heavy (non-hydrogen) atoms. The van der Waals surface area contributed by atoms with Crippen LogP contribution in [-0.2, 0) is 19.1 Å². The van der Waals surface area contributed by atoms with Gasteiger partial charge in [-0.1, -0.05) is 24.3 Å². The largest absolute Gasteiger partial charge is 0.368 e. The standard InChI is InChI=1S/C12H12Cl2O4/c1-17-9(11(13)15)7-5-3-4-6-8(7)10(18-2)12(14)16/h3-6,9-10H,1-2H3. The zero-order chi connectivity index (χ0) is 13.7. The molecule has 1 rings (SSSR count). The Morgan fingerprint density at radius 2 is 1.28 bits per heavy atom. The first-order valence-electron chi connectivity index (χ1n) is 5.06. The summed E-state index contributed by atoms with van der Waals surface area (Å²) in [6.07, 6.45) is -1.92. The number of carbonyl (C=O) groups is 2. The van der Waals surface area contributed by atoms with Crippen LogP contribution < -0.4 is 0 Å². The first-order valence-corrected chi connectivity index (χ1v) is 5.81. The number of rotatable bonds is 6. The summed E-state index contributed by atoms with van der Waals surface area (Å²) in [7, 11) is 2.71. The fraction of sp³-hybridized carbons (Fsp3) is 0.333. The summed E-state index contributed by atoms with van der Waals surface area (Å²) in [5, 5.41) is -1.36. The summed E-state index contributed by atoms with van der Waals surface area (Å²) < 4.78 is 10.0. The van der Waals surface area contributed by atoms with Crippen molar-refractivity contribution in [1.82, 2.24) is 0 Å². The van der Waals surface area contributed by atoms with Gasteiger partial charge in [0.1, 0.15) is 0 Å². The smallest absolute Gasteiger partial charge is 0.255 e. The first kappa shape index (κ1) is 15.1. The van der Waals surface area contributed by atoms with E-state index in [1.165, 1.54) is 14.2 Å². The summed E-state index contributed by atoms with van der Waals surface area (Å²) >= 11 is 10.9. The van der Waals surface area contributed by atoms with Crippen LogP contribution in [0.2, 0.25) is 0 Å². The minimum absolute atomic E-state index is 0.459. The van der Waals surface area contributed by atoms with Crippen LogP contribution in [0, 0.1) is 0 Å². The zero-order valence-corrected chi connectivity index (χ0v) is 11.4. The van der Waals surface area contributed by atoms with Crippen molar-refractivity contribution in [3.63, 3.8) is 0 Å². The third-order valence-corrected chi connectivity index (χ3v) is 2.84. The number of methoxy groups -OCH3 is 2. The monoisotopic (exact) mass is 290 g/mol. The van der Waals surface area contributed by atoms with Crippen LogP contribution in [0.1, 0.15) is 23.3 Å². The highest BCUT2D eigenvalue weighted by Crippen LogP contribution is 2.30. The average Bonchev–Trinajstić information content (AvgIpc) is 2.32. The molecule has 0 bridgehead atoms. The van der Waals surface area contributed by atoms with Crippen LogP contribution in [-0.4, -0.2) is 24.7 Å². The molecule has 4 nitrogen and oxygen atoms in total. The number of benzene rings is 1.